The highest BCUT2D eigenvalue weighted by Crippen LogP contribution is 2.60. The summed E-state index contributed by atoms with van der Waals surface area (Å²) < 4.78 is 27.8. The van der Waals surface area contributed by atoms with E-state index in [9.17, 15) is 8.78 Å². The first-order valence-corrected chi connectivity index (χ1v) is 4.08. The van der Waals surface area contributed by atoms with Gasteiger partial charge < -0.3 is 10.3 Å². The van der Waals surface area contributed by atoms with Gasteiger partial charge in [-0.25, -0.2) is 13.8 Å². The Morgan fingerprint density at radius 2 is 2.31 bits per heavy atom. The molecule has 2 rings (SSSR count). The summed E-state index contributed by atoms with van der Waals surface area (Å²) in [6, 6.07) is 0. The summed E-state index contributed by atoms with van der Waals surface area (Å²) in [5, 5.41) is 0. The Kier molecular flexibility index (Phi) is 1.52. The summed E-state index contributed by atoms with van der Waals surface area (Å²) >= 11 is 0. The van der Waals surface area contributed by atoms with E-state index in [0.717, 1.165) is 0 Å². The Morgan fingerprint density at radius 1 is 1.69 bits per heavy atom. The second-order valence-electron chi connectivity index (χ2n) is 3.56. The number of rotatable bonds is 2. The Hall–Kier alpha value is -0.970. The van der Waals surface area contributed by atoms with Gasteiger partial charge in [0.2, 0.25) is 0 Å². The summed E-state index contributed by atoms with van der Waals surface area (Å²) in [4.78, 5) is 3.82. The third kappa shape index (κ3) is 0.934. The number of aromatic nitrogens is 2. The molecule has 0 aromatic carbocycles. The number of halogens is 2. The molecule has 0 bridgehead atoms. The van der Waals surface area contributed by atoms with Crippen molar-refractivity contribution >= 4 is 0 Å². The van der Waals surface area contributed by atoms with Crippen LogP contribution >= 0.6 is 0 Å². The second-order valence-corrected chi connectivity index (χ2v) is 3.56. The van der Waals surface area contributed by atoms with Crippen LogP contribution in [0.15, 0.2) is 12.5 Å². The van der Waals surface area contributed by atoms with E-state index in [2.05, 4.69) is 4.98 Å². The van der Waals surface area contributed by atoms with Crippen molar-refractivity contribution in [3.63, 3.8) is 0 Å². The van der Waals surface area contributed by atoms with Crippen LogP contribution in [-0.4, -0.2) is 22.0 Å². The van der Waals surface area contributed by atoms with Gasteiger partial charge in [0.1, 0.15) is 0 Å². The van der Waals surface area contributed by atoms with Crippen molar-refractivity contribution in [1.29, 1.82) is 0 Å². The molecule has 13 heavy (non-hydrogen) atoms. The summed E-state index contributed by atoms with van der Waals surface area (Å²) in [5.74, 6) is -2.66. The summed E-state index contributed by atoms with van der Waals surface area (Å²) in [7, 11) is 1.70. The number of nitrogens with two attached hydrogens (primary N) is 1. The van der Waals surface area contributed by atoms with Crippen LogP contribution in [0.25, 0.3) is 0 Å². The normalized spacial score (nSPS) is 30.5. The van der Waals surface area contributed by atoms with Gasteiger partial charge in [-0.3, -0.25) is 0 Å². The number of alkyl halides is 2. The van der Waals surface area contributed by atoms with Crippen LogP contribution < -0.4 is 5.73 Å². The van der Waals surface area contributed by atoms with Crippen LogP contribution in [0.5, 0.6) is 0 Å². The molecule has 1 unspecified atom stereocenters. The molecular weight excluding hydrogens is 176 g/mol. The minimum atomic E-state index is -2.66. The molecule has 1 atom stereocenters. The lowest BCUT2D eigenvalue weighted by molar-refractivity contribution is 0.0879. The van der Waals surface area contributed by atoms with Gasteiger partial charge in [-0.05, 0) is 0 Å². The van der Waals surface area contributed by atoms with Crippen LogP contribution in [0, 0.1) is 0 Å². The lowest BCUT2D eigenvalue weighted by Crippen LogP contribution is -2.28. The highest BCUT2D eigenvalue weighted by molar-refractivity contribution is 5.32. The Bertz CT molecular complexity index is 334. The Morgan fingerprint density at radius 3 is 2.62 bits per heavy atom. The molecule has 3 nitrogen and oxygen atoms in total. The highest BCUT2D eigenvalue weighted by atomic mass is 19.3. The fraction of sp³-hybridized carbons (Fsp3) is 0.625. The van der Waals surface area contributed by atoms with Crippen molar-refractivity contribution in [2.75, 3.05) is 6.54 Å². The van der Waals surface area contributed by atoms with Gasteiger partial charge in [-0.15, -0.1) is 0 Å². The quantitative estimate of drug-likeness (QED) is 0.739. The van der Waals surface area contributed by atoms with Crippen LogP contribution in [0.4, 0.5) is 8.78 Å². The fourth-order valence-corrected chi connectivity index (χ4v) is 1.76. The SMILES string of the molecule is Cn1cncc1C1(CN)CC1(F)F. The topological polar surface area (TPSA) is 43.8 Å². The van der Waals surface area contributed by atoms with E-state index in [1.165, 1.54) is 12.5 Å². The monoisotopic (exact) mass is 187 g/mol. The maximum absolute atomic E-state index is 13.1. The molecule has 1 heterocycles. The highest BCUT2D eigenvalue weighted by Gasteiger charge is 2.72. The van der Waals surface area contributed by atoms with Gasteiger partial charge in [0.15, 0.2) is 0 Å². The summed E-state index contributed by atoms with van der Waals surface area (Å²) in [6.07, 6.45) is 2.82. The first-order chi connectivity index (χ1) is 6.03. The van der Waals surface area contributed by atoms with E-state index in [1.54, 1.807) is 11.6 Å². The molecule has 1 aromatic rings. The number of aryl methyl sites for hydroxylation is 1. The lowest BCUT2D eigenvalue weighted by atomic mass is 10.0. The maximum Gasteiger partial charge on any atom is 0.261 e. The molecule has 0 radical (unpaired) electrons. The van der Waals surface area contributed by atoms with E-state index >= 15 is 0 Å². The Balaban J connectivity index is 2.41. The van der Waals surface area contributed by atoms with Gasteiger partial charge >= 0.3 is 0 Å². The molecule has 1 saturated carbocycles. The van der Waals surface area contributed by atoms with E-state index in [0.29, 0.717) is 5.69 Å². The molecule has 1 fully saturated rings. The minimum Gasteiger partial charge on any atom is -0.337 e. The number of hydrogen-bond donors (Lipinski definition) is 1. The number of hydrogen-bond acceptors (Lipinski definition) is 2. The van der Waals surface area contributed by atoms with Crippen molar-refractivity contribution in [2.24, 2.45) is 12.8 Å². The Labute approximate surface area is 74.6 Å². The van der Waals surface area contributed by atoms with Gasteiger partial charge in [-0.1, -0.05) is 0 Å². The summed E-state index contributed by atoms with van der Waals surface area (Å²) in [5.41, 5.74) is 4.76. The van der Waals surface area contributed by atoms with Crippen LogP contribution in [0.3, 0.4) is 0 Å². The maximum atomic E-state index is 13.1. The lowest BCUT2D eigenvalue weighted by Gasteiger charge is -2.13. The zero-order valence-corrected chi connectivity index (χ0v) is 7.30. The molecule has 1 aliphatic rings. The number of imidazole rings is 1. The average molecular weight is 187 g/mol. The number of nitrogens with zero attached hydrogens (tertiary/aromatic N) is 2. The average Bonchev–Trinajstić information content (AvgIpc) is 2.43. The largest absolute Gasteiger partial charge is 0.337 e. The van der Waals surface area contributed by atoms with Crippen molar-refractivity contribution in [2.45, 2.75) is 17.8 Å². The van der Waals surface area contributed by atoms with Gasteiger partial charge in [-0.2, -0.15) is 0 Å². The van der Waals surface area contributed by atoms with E-state index < -0.39 is 11.3 Å². The summed E-state index contributed by atoms with van der Waals surface area (Å²) in [6.45, 7) is -0.0282. The van der Waals surface area contributed by atoms with Gasteiger partial charge in [0.05, 0.1) is 17.4 Å². The minimum absolute atomic E-state index is 0.0282. The fourth-order valence-electron chi connectivity index (χ4n) is 1.76. The third-order valence-corrected chi connectivity index (χ3v) is 2.75. The first kappa shape index (κ1) is 8.62. The molecule has 0 saturated heterocycles. The van der Waals surface area contributed by atoms with Gasteiger partial charge in [0, 0.05) is 26.2 Å². The predicted octanol–water partition coefficient (Wildman–Crippen LogP) is 0.656. The molecule has 0 aliphatic heterocycles. The van der Waals surface area contributed by atoms with Crippen molar-refractivity contribution in [3.05, 3.63) is 18.2 Å². The predicted molar refractivity (Wildman–Crippen MR) is 43.5 cm³/mol. The van der Waals surface area contributed by atoms with Crippen LogP contribution in [-0.2, 0) is 12.5 Å². The van der Waals surface area contributed by atoms with Crippen LogP contribution in [0.1, 0.15) is 12.1 Å². The zero-order valence-electron chi connectivity index (χ0n) is 7.30. The molecule has 1 aliphatic carbocycles. The molecular formula is C8H11F2N3. The van der Waals surface area contributed by atoms with E-state index in [4.69, 9.17) is 5.73 Å². The van der Waals surface area contributed by atoms with Crippen molar-refractivity contribution in [1.82, 2.24) is 9.55 Å². The van der Waals surface area contributed by atoms with Crippen molar-refractivity contribution in [3.8, 4) is 0 Å². The van der Waals surface area contributed by atoms with E-state index in [-0.39, 0.29) is 13.0 Å². The van der Waals surface area contributed by atoms with E-state index in [1.807, 2.05) is 0 Å². The molecule has 72 valence electrons. The second kappa shape index (κ2) is 2.29. The molecule has 0 spiro atoms. The molecule has 0 amide bonds. The molecule has 2 N–H and O–H groups in total. The van der Waals surface area contributed by atoms with Crippen LogP contribution in [0.2, 0.25) is 0 Å². The first-order valence-electron chi connectivity index (χ1n) is 4.08. The molecule has 5 heteroatoms. The zero-order chi connectivity index (χ0) is 9.69. The molecule has 1 aromatic heterocycles. The van der Waals surface area contributed by atoms with Crippen molar-refractivity contribution < 1.29 is 8.78 Å². The standard InChI is InChI=1S/C8H11F2N3/c1-13-5-12-2-6(13)7(4-11)3-8(7,9)10/h2,5H,3-4,11H2,1H3. The third-order valence-electron chi connectivity index (χ3n) is 2.75. The van der Waals surface area contributed by atoms with Gasteiger partial charge in [0.25, 0.3) is 5.92 Å². The smallest absolute Gasteiger partial charge is 0.261 e.